The minimum absolute atomic E-state index is 0.560. The largest absolute Gasteiger partial charge is 0.0833 e. The Morgan fingerprint density at radius 3 is 2.00 bits per heavy atom. The Balaban J connectivity index is 1.82. The molecule has 1 saturated carbocycles. The third kappa shape index (κ3) is 0.666. The van der Waals surface area contributed by atoms with Crippen LogP contribution >= 0.6 is 0 Å². The Hall–Kier alpha value is -1.56. The molecule has 2 atom stereocenters. The summed E-state index contributed by atoms with van der Waals surface area (Å²) < 4.78 is 0. The van der Waals surface area contributed by atoms with Gasteiger partial charge in [0.25, 0.3) is 0 Å². The summed E-state index contributed by atoms with van der Waals surface area (Å²) in [5, 5.41) is 0. The number of allylic oxidation sites excluding steroid dienone is 6. The lowest BCUT2D eigenvalue weighted by Crippen LogP contribution is -2.12. The molecule has 0 saturated heterocycles. The van der Waals surface area contributed by atoms with E-state index in [9.17, 15) is 0 Å². The highest BCUT2D eigenvalue weighted by molar-refractivity contribution is 6.08. The van der Waals surface area contributed by atoms with Crippen molar-refractivity contribution in [1.82, 2.24) is 0 Å². The predicted octanol–water partition coefficient (Wildman–Crippen LogP) is 3.53. The van der Waals surface area contributed by atoms with E-state index in [4.69, 9.17) is 0 Å². The monoisotopic (exact) mass is 204 g/mol. The summed E-state index contributed by atoms with van der Waals surface area (Å²) in [6, 6.07) is 8.92. The standard InChI is InChI=1S/C16H12/c1-2-4-11-10(3-1)14-9-5-7-12-13(8-6-9)15(12)16(11)14/h1-9,12-13,15H. The zero-order valence-electron chi connectivity index (χ0n) is 8.93. The van der Waals surface area contributed by atoms with Crippen LogP contribution in [-0.2, 0) is 0 Å². The highest BCUT2D eigenvalue weighted by Gasteiger charge is 2.55. The fraction of sp³-hybridized carbons (Fsp3) is 0.250. The normalized spacial score (nSPS) is 39.8. The van der Waals surface area contributed by atoms with Crippen LogP contribution in [0, 0.1) is 23.7 Å². The number of hydrogen-bond donors (Lipinski definition) is 0. The van der Waals surface area contributed by atoms with Gasteiger partial charge in [0.15, 0.2) is 0 Å². The van der Waals surface area contributed by atoms with Crippen molar-refractivity contribution in [2.45, 2.75) is 0 Å². The van der Waals surface area contributed by atoms with Crippen molar-refractivity contribution in [2.24, 2.45) is 23.7 Å². The van der Waals surface area contributed by atoms with Crippen molar-refractivity contribution >= 4 is 11.1 Å². The molecule has 0 heterocycles. The van der Waals surface area contributed by atoms with E-state index in [1.807, 2.05) is 0 Å². The van der Waals surface area contributed by atoms with Gasteiger partial charge in [0.05, 0.1) is 0 Å². The lowest BCUT2D eigenvalue weighted by Gasteiger charge is -2.30. The molecule has 1 aromatic rings. The van der Waals surface area contributed by atoms with Gasteiger partial charge < -0.3 is 0 Å². The summed E-state index contributed by atoms with van der Waals surface area (Å²) in [6.07, 6.45) is 9.75. The first-order valence-electron chi connectivity index (χ1n) is 6.15. The maximum atomic E-state index is 2.46. The predicted molar refractivity (Wildman–Crippen MR) is 65.5 cm³/mol. The molecule has 0 radical (unpaired) electrons. The molecule has 5 aliphatic carbocycles. The van der Waals surface area contributed by atoms with Crippen LogP contribution in [0.25, 0.3) is 11.1 Å². The lowest BCUT2D eigenvalue weighted by atomic mass is 9.73. The summed E-state index contributed by atoms with van der Waals surface area (Å²) in [5.41, 5.74) is 6.35. The molecule has 76 valence electrons. The number of benzene rings is 1. The fourth-order valence-corrected chi connectivity index (χ4v) is 3.89. The number of fused-ring (bicyclic) bond motifs is 1. The molecule has 0 nitrogen and oxygen atoms in total. The van der Waals surface area contributed by atoms with Crippen LogP contribution in [0.3, 0.4) is 0 Å². The summed E-state index contributed by atoms with van der Waals surface area (Å²) in [4.78, 5) is 0. The molecule has 1 fully saturated rings. The second-order valence-corrected chi connectivity index (χ2v) is 5.35. The Bertz CT molecular complexity index is 580. The molecule has 0 heteroatoms. The van der Waals surface area contributed by atoms with Gasteiger partial charge in [0, 0.05) is 5.92 Å². The highest BCUT2D eigenvalue weighted by Crippen LogP contribution is 2.66. The van der Waals surface area contributed by atoms with Crippen LogP contribution in [-0.4, -0.2) is 0 Å². The molecule has 0 N–H and O–H groups in total. The second-order valence-electron chi connectivity index (χ2n) is 5.35. The van der Waals surface area contributed by atoms with E-state index in [-0.39, 0.29) is 0 Å². The van der Waals surface area contributed by atoms with E-state index in [1.54, 1.807) is 11.1 Å². The molecule has 4 bridgehead atoms. The van der Waals surface area contributed by atoms with Crippen molar-refractivity contribution < 1.29 is 0 Å². The van der Waals surface area contributed by atoms with Crippen LogP contribution in [0.5, 0.6) is 0 Å². The van der Waals surface area contributed by atoms with Gasteiger partial charge in [0.2, 0.25) is 0 Å². The van der Waals surface area contributed by atoms with Gasteiger partial charge in [-0.1, -0.05) is 48.6 Å². The Kier molecular flexibility index (Phi) is 1.08. The quantitative estimate of drug-likeness (QED) is 0.567. The van der Waals surface area contributed by atoms with Crippen molar-refractivity contribution in [3.05, 3.63) is 59.7 Å². The van der Waals surface area contributed by atoms with Crippen LogP contribution < -0.4 is 0 Å². The lowest BCUT2D eigenvalue weighted by molar-refractivity contribution is 1.00. The minimum Gasteiger partial charge on any atom is -0.0833 e. The van der Waals surface area contributed by atoms with Crippen LogP contribution in [0.4, 0.5) is 0 Å². The third-order valence-electron chi connectivity index (χ3n) is 4.68. The van der Waals surface area contributed by atoms with Crippen LogP contribution in [0.2, 0.25) is 0 Å². The number of hydrogen-bond acceptors (Lipinski definition) is 0. The highest BCUT2D eigenvalue weighted by atomic mass is 14.6. The van der Waals surface area contributed by atoms with E-state index in [0.717, 1.165) is 17.8 Å². The van der Waals surface area contributed by atoms with Crippen LogP contribution in [0.15, 0.2) is 48.6 Å². The first-order valence-corrected chi connectivity index (χ1v) is 6.15. The van der Waals surface area contributed by atoms with Gasteiger partial charge >= 0.3 is 0 Å². The molecule has 16 heavy (non-hydrogen) atoms. The van der Waals surface area contributed by atoms with Gasteiger partial charge in [-0.15, -0.1) is 0 Å². The molecule has 1 aromatic carbocycles. The average Bonchev–Trinajstić information content (AvgIpc) is 3.01. The van der Waals surface area contributed by atoms with Crippen molar-refractivity contribution in [3.63, 3.8) is 0 Å². The van der Waals surface area contributed by atoms with E-state index in [2.05, 4.69) is 48.6 Å². The fourth-order valence-electron chi connectivity index (χ4n) is 3.89. The smallest absolute Gasteiger partial charge is 0.0208 e. The summed E-state index contributed by atoms with van der Waals surface area (Å²) in [7, 11) is 0. The summed E-state index contributed by atoms with van der Waals surface area (Å²) >= 11 is 0. The molecule has 5 aliphatic rings. The zero-order chi connectivity index (χ0) is 10.3. The topological polar surface area (TPSA) is 0 Å². The molecule has 0 aliphatic heterocycles. The summed E-state index contributed by atoms with van der Waals surface area (Å²) in [5.74, 6) is 2.99. The van der Waals surface area contributed by atoms with Gasteiger partial charge in [-0.2, -0.15) is 0 Å². The molecule has 6 rings (SSSR count). The van der Waals surface area contributed by atoms with Gasteiger partial charge in [-0.3, -0.25) is 0 Å². The third-order valence-corrected chi connectivity index (χ3v) is 4.68. The van der Waals surface area contributed by atoms with Gasteiger partial charge in [-0.25, -0.2) is 0 Å². The first kappa shape index (κ1) is 7.67. The Labute approximate surface area is 95.0 Å². The molecule has 0 spiro atoms. The second kappa shape index (κ2) is 2.24. The molecule has 0 aromatic heterocycles. The SMILES string of the molecule is C1=CC2C3C=CC1C1=C(c4ccccc41)C23. The Morgan fingerprint density at radius 1 is 0.688 bits per heavy atom. The molecule has 0 amide bonds. The summed E-state index contributed by atoms with van der Waals surface area (Å²) in [6.45, 7) is 0. The minimum atomic E-state index is 0.560. The van der Waals surface area contributed by atoms with Crippen molar-refractivity contribution in [1.29, 1.82) is 0 Å². The van der Waals surface area contributed by atoms with Crippen molar-refractivity contribution in [2.75, 3.05) is 0 Å². The van der Waals surface area contributed by atoms with E-state index in [0.29, 0.717) is 5.92 Å². The zero-order valence-corrected chi connectivity index (χ0v) is 8.93. The average molecular weight is 204 g/mol. The van der Waals surface area contributed by atoms with E-state index >= 15 is 0 Å². The maximum absolute atomic E-state index is 2.46. The van der Waals surface area contributed by atoms with Gasteiger partial charge in [-0.05, 0) is 40.0 Å². The first-order chi connectivity index (χ1) is 7.95. The molecular formula is C16H12. The number of rotatable bonds is 0. The van der Waals surface area contributed by atoms with Crippen molar-refractivity contribution in [3.8, 4) is 0 Å². The van der Waals surface area contributed by atoms with Gasteiger partial charge in [0.1, 0.15) is 0 Å². The Morgan fingerprint density at radius 2 is 1.31 bits per heavy atom. The van der Waals surface area contributed by atoms with E-state index < -0.39 is 0 Å². The molecular weight excluding hydrogens is 192 g/mol. The van der Waals surface area contributed by atoms with Crippen LogP contribution in [0.1, 0.15) is 11.1 Å². The maximum Gasteiger partial charge on any atom is 0.0208 e. The van der Waals surface area contributed by atoms with E-state index in [1.165, 1.54) is 11.1 Å². The molecule has 2 unspecified atom stereocenters.